The first-order valence-electron chi connectivity index (χ1n) is 10.5. The maximum atomic E-state index is 9.41. The van der Waals surface area contributed by atoms with Crippen molar-refractivity contribution in [1.82, 2.24) is 0 Å². The lowest BCUT2D eigenvalue weighted by Crippen LogP contribution is -2.70. The van der Waals surface area contributed by atoms with Crippen molar-refractivity contribution in [2.24, 2.45) is 0 Å². The van der Waals surface area contributed by atoms with Gasteiger partial charge in [0.05, 0.1) is 11.9 Å². The van der Waals surface area contributed by atoms with Crippen LogP contribution in [-0.4, -0.2) is 11.9 Å². The molecule has 0 aliphatic heterocycles. The highest BCUT2D eigenvalue weighted by Gasteiger charge is 1.97. The van der Waals surface area contributed by atoms with Gasteiger partial charge >= 0.3 is 0 Å². The zero-order valence-corrected chi connectivity index (χ0v) is 18.5. The van der Waals surface area contributed by atoms with E-state index in [0.29, 0.717) is 12.2 Å². The molecule has 0 amide bonds. The van der Waals surface area contributed by atoms with E-state index in [2.05, 4.69) is 108 Å². The number of quaternary nitrogens is 2. The van der Waals surface area contributed by atoms with Crippen LogP contribution in [0.5, 0.6) is 0 Å². The van der Waals surface area contributed by atoms with Gasteiger partial charge in [-0.25, -0.2) is 0 Å². The van der Waals surface area contributed by atoms with Crippen LogP contribution in [0.25, 0.3) is 0 Å². The zero-order valence-electron chi connectivity index (χ0n) is 18.5. The van der Waals surface area contributed by atoms with E-state index in [1.165, 1.54) is 22.7 Å². The Labute approximate surface area is 198 Å². The van der Waals surface area contributed by atoms with Crippen molar-refractivity contribution in [3.63, 3.8) is 0 Å². The highest BCUT2D eigenvalue weighted by atomic mass is 16.4. The summed E-state index contributed by atoms with van der Waals surface area (Å²) in [4.78, 5) is 18.8. The van der Waals surface area contributed by atoms with Crippen LogP contribution in [0, 0.1) is 0 Å². The van der Waals surface area contributed by atoms with Gasteiger partial charge in [-0.15, -0.1) is 0 Å². The second kappa shape index (κ2) is 15.3. The van der Waals surface area contributed by atoms with Gasteiger partial charge in [0.1, 0.15) is 22.7 Å². The Morgan fingerprint density at radius 1 is 0.441 bits per heavy atom. The smallest absolute Gasteiger partial charge is 0.134 e. The van der Waals surface area contributed by atoms with Crippen molar-refractivity contribution in [2.75, 3.05) is 0 Å². The van der Waals surface area contributed by atoms with Crippen LogP contribution in [0.15, 0.2) is 133 Å². The van der Waals surface area contributed by atoms with Gasteiger partial charge < -0.3 is 19.8 Å². The fourth-order valence-electron chi connectivity index (χ4n) is 2.72. The third-order valence-corrected chi connectivity index (χ3v) is 4.22. The summed E-state index contributed by atoms with van der Waals surface area (Å²) in [5.74, 6) is -3.09. The third kappa shape index (κ3) is 11.8. The molecule has 0 atom stereocenters. The van der Waals surface area contributed by atoms with Crippen LogP contribution in [0.3, 0.4) is 0 Å². The van der Waals surface area contributed by atoms with Crippen LogP contribution in [0.2, 0.25) is 0 Å². The lowest BCUT2D eigenvalue weighted by atomic mass is 10.3. The number of carbonyl (C=O) groups is 2. The molecule has 0 aliphatic carbocycles. The van der Waals surface area contributed by atoms with E-state index < -0.39 is 11.9 Å². The third-order valence-electron chi connectivity index (χ3n) is 4.22. The number of aliphatic carboxylic acids is 2. The van der Waals surface area contributed by atoms with Crippen molar-refractivity contribution in [3.8, 4) is 0 Å². The SMILES string of the molecule is O=C([O-])/C=C\C(=O)[O-].c1ccc([NH2+]c2ccccc2)cc1.c1ccc([NH2+]c2ccccc2)cc1. The number of rotatable bonds is 6. The van der Waals surface area contributed by atoms with Gasteiger partial charge in [0.2, 0.25) is 0 Å². The highest BCUT2D eigenvalue weighted by molar-refractivity contribution is 5.87. The maximum absolute atomic E-state index is 9.41. The summed E-state index contributed by atoms with van der Waals surface area (Å²) in [6.45, 7) is 0. The molecule has 0 saturated heterocycles. The predicted octanol–water partition coefficient (Wildman–Crippen LogP) is 1.47. The normalized spacial score (nSPS) is 9.76. The summed E-state index contributed by atoms with van der Waals surface area (Å²) in [6, 6.07) is 41.4. The van der Waals surface area contributed by atoms with Crippen molar-refractivity contribution >= 4 is 34.7 Å². The molecule has 4 N–H and O–H groups in total. The van der Waals surface area contributed by atoms with E-state index in [1.54, 1.807) is 0 Å². The summed E-state index contributed by atoms with van der Waals surface area (Å²) < 4.78 is 0. The standard InChI is InChI=1S/2C12H11N.C4H4O4/c2*1-3-7-11(8-4-1)13-12-9-5-2-6-10-12;5-3(6)1-2-4(7)8/h2*1-10,13H;1-2H,(H,5,6)(H,7,8)/b;;2-1-. The average molecular weight is 455 g/mol. The van der Waals surface area contributed by atoms with Crippen molar-refractivity contribution in [2.45, 2.75) is 0 Å². The Kier molecular flexibility index (Phi) is 11.6. The fraction of sp³-hybridized carbons (Fsp3) is 0. The minimum absolute atomic E-state index is 0.384. The average Bonchev–Trinajstić information content (AvgIpc) is 2.86. The van der Waals surface area contributed by atoms with Crippen LogP contribution < -0.4 is 20.8 Å². The van der Waals surface area contributed by atoms with Gasteiger partial charge in [-0.05, 0) is 60.7 Å². The number of carboxylic acids is 2. The molecule has 0 radical (unpaired) electrons. The van der Waals surface area contributed by atoms with E-state index in [1.807, 2.05) is 24.3 Å². The summed E-state index contributed by atoms with van der Waals surface area (Å²) >= 11 is 0. The van der Waals surface area contributed by atoms with Gasteiger partial charge in [-0.1, -0.05) is 72.8 Å². The number of hydrogen-bond acceptors (Lipinski definition) is 4. The van der Waals surface area contributed by atoms with Gasteiger partial charge in [0.15, 0.2) is 0 Å². The number of carboxylic acid groups (broad SMARTS) is 2. The second-order valence-electron chi connectivity index (χ2n) is 6.90. The summed E-state index contributed by atoms with van der Waals surface area (Å²) in [6.07, 6.45) is 0.769. The largest absolute Gasteiger partial charge is 0.545 e. The molecule has 6 nitrogen and oxygen atoms in total. The van der Waals surface area contributed by atoms with Crippen LogP contribution in [-0.2, 0) is 9.59 Å². The molecule has 0 aromatic heterocycles. The van der Waals surface area contributed by atoms with E-state index in [-0.39, 0.29) is 0 Å². The molecule has 0 aliphatic rings. The first kappa shape index (κ1) is 25.7. The van der Waals surface area contributed by atoms with Gasteiger partial charge in [-0.3, -0.25) is 10.6 Å². The predicted molar refractivity (Wildman–Crippen MR) is 127 cm³/mol. The molecule has 4 aromatic rings. The summed E-state index contributed by atoms with van der Waals surface area (Å²) in [5.41, 5.74) is 4.98. The Bertz CT molecular complexity index is 966. The lowest BCUT2D eigenvalue weighted by Gasteiger charge is -1.98. The molecule has 0 saturated carbocycles. The van der Waals surface area contributed by atoms with Crippen molar-refractivity contribution < 1.29 is 30.4 Å². The number of para-hydroxylation sites is 4. The zero-order chi connectivity index (χ0) is 24.4. The topological polar surface area (TPSA) is 113 Å². The van der Waals surface area contributed by atoms with Crippen molar-refractivity contribution in [3.05, 3.63) is 133 Å². The molecule has 172 valence electrons. The Balaban J connectivity index is 0.000000187. The lowest BCUT2D eigenvalue weighted by molar-refractivity contribution is -0.479. The van der Waals surface area contributed by atoms with E-state index >= 15 is 0 Å². The van der Waals surface area contributed by atoms with Crippen LogP contribution >= 0.6 is 0 Å². The maximum Gasteiger partial charge on any atom is 0.134 e. The molecule has 4 rings (SSSR count). The number of benzene rings is 4. The second-order valence-corrected chi connectivity index (χ2v) is 6.90. The quantitative estimate of drug-likeness (QED) is 0.339. The number of carbonyl (C=O) groups excluding carboxylic acids is 2. The number of hydrogen-bond donors (Lipinski definition) is 2. The van der Waals surface area contributed by atoms with Crippen LogP contribution in [0.4, 0.5) is 22.7 Å². The minimum Gasteiger partial charge on any atom is -0.545 e. The molecule has 6 heteroatoms. The van der Waals surface area contributed by atoms with E-state index in [9.17, 15) is 19.8 Å². The Morgan fingerprint density at radius 2 is 0.647 bits per heavy atom. The van der Waals surface area contributed by atoms with Crippen molar-refractivity contribution in [1.29, 1.82) is 0 Å². The molecule has 0 fully saturated rings. The minimum atomic E-state index is -1.55. The Morgan fingerprint density at radius 3 is 0.824 bits per heavy atom. The van der Waals surface area contributed by atoms with Gasteiger partial charge in [0, 0.05) is 0 Å². The fourth-order valence-corrected chi connectivity index (χ4v) is 2.72. The first-order chi connectivity index (χ1) is 16.5. The molecule has 0 heterocycles. The summed E-state index contributed by atoms with van der Waals surface area (Å²) in [5, 5.41) is 23.2. The molecular formula is C28H26N2O4. The highest BCUT2D eigenvalue weighted by Crippen LogP contribution is 2.04. The van der Waals surface area contributed by atoms with Gasteiger partial charge in [0.25, 0.3) is 0 Å². The Hall–Kier alpha value is -4.52. The molecular weight excluding hydrogens is 428 g/mol. The molecule has 4 aromatic carbocycles. The first-order valence-corrected chi connectivity index (χ1v) is 10.5. The van der Waals surface area contributed by atoms with E-state index in [0.717, 1.165) is 0 Å². The molecule has 34 heavy (non-hydrogen) atoms. The molecule has 0 bridgehead atoms. The van der Waals surface area contributed by atoms with Crippen LogP contribution in [0.1, 0.15) is 0 Å². The molecule has 0 unspecified atom stereocenters. The monoisotopic (exact) mass is 454 g/mol. The number of nitrogens with two attached hydrogens (primary N) is 2. The molecule has 0 spiro atoms. The van der Waals surface area contributed by atoms with E-state index in [4.69, 9.17) is 0 Å². The summed E-state index contributed by atoms with van der Waals surface area (Å²) in [7, 11) is 0. The van der Waals surface area contributed by atoms with Gasteiger partial charge in [-0.2, -0.15) is 0 Å².